The van der Waals surface area contributed by atoms with Gasteiger partial charge in [-0.3, -0.25) is 9.36 Å². The number of nitrogens with one attached hydrogen (secondary N) is 1. The molecule has 5 atom stereocenters. The van der Waals surface area contributed by atoms with E-state index in [1.165, 1.54) is 12.7 Å². The van der Waals surface area contributed by atoms with E-state index >= 15 is 0 Å². The van der Waals surface area contributed by atoms with E-state index in [0.717, 1.165) is 16.7 Å². The maximum Gasteiger partial charge on any atom is 0.278 e. The SMILES string of the molecule is CC1(C)O[C@H]2[C@@H](O1)[C@H](n1cnc3c(=O)[nH]cnc31)O[C@@H]2[C@@H](O)C(c1ccccc1)(c1ccccc1)c1ccccc1. The predicted octanol–water partition coefficient (Wildman–Crippen LogP) is 3.93. The number of hydrogen-bond donors (Lipinski definition) is 2. The van der Waals surface area contributed by atoms with Crippen LogP contribution in [0.5, 0.6) is 0 Å². The molecule has 4 heterocycles. The van der Waals surface area contributed by atoms with Crippen LogP contribution in [0.2, 0.25) is 0 Å². The van der Waals surface area contributed by atoms with Gasteiger partial charge < -0.3 is 24.3 Å². The fourth-order valence-electron chi connectivity index (χ4n) is 6.50. The lowest BCUT2D eigenvalue weighted by Crippen LogP contribution is -2.52. The van der Waals surface area contributed by atoms with Crippen LogP contribution in [-0.4, -0.2) is 54.8 Å². The lowest BCUT2D eigenvalue weighted by molar-refractivity contribution is -0.209. The van der Waals surface area contributed by atoms with Crippen LogP contribution in [0.1, 0.15) is 36.8 Å². The first-order chi connectivity index (χ1) is 19.9. The van der Waals surface area contributed by atoms with Crippen molar-refractivity contribution in [3.05, 3.63) is 131 Å². The molecule has 9 heteroatoms. The normalized spacial score (nSPS) is 24.4. The number of hydrogen-bond acceptors (Lipinski definition) is 7. The fourth-order valence-corrected chi connectivity index (χ4v) is 6.50. The van der Waals surface area contributed by atoms with Gasteiger partial charge >= 0.3 is 0 Å². The molecule has 208 valence electrons. The van der Waals surface area contributed by atoms with Crippen LogP contribution < -0.4 is 5.56 Å². The molecule has 2 aliphatic rings. The van der Waals surface area contributed by atoms with Gasteiger partial charge in [0.2, 0.25) is 0 Å². The summed E-state index contributed by atoms with van der Waals surface area (Å²) in [6, 6.07) is 29.9. The summed E-state index contributed by atoms with van der Waals surface area (Å²) in [5.74, 6) is -0.925. The van der Waals surface area contributed by atoms with Gasteiger partial charge in [-0.2, -0.15) is 0 Å². The van der Waals surface area contributed by atoms with Gasteiger partial charge in [0, 0.05) is 0 Å². The second kappa shape index (κ2) is 9.74. The van der Waals surface area contributed by atoms with Crippen LogP contribution in [-0.2, 0) is 19.6 Å². The molecule has 3 aromatic carbocycles. The number of aliphatic hydroxyl groups excluding tert-OH is 1. The molecule has 0 unspecified atom stereocenters. The molecule has 0 saturated carbocycles. The first-order valence-electron chi connectivity index (χ1n) is 13.7. The molecule has 2 aliphatic heterocycles. The van der Waals surface area contributed by atoms with Crippen molar-refractivity contribution in [2.45, 2.75) is 55.7 Å². The van der Waals surface area contributed by atoms with Crippen LogP contribution in [0.25, 0.3) is 11.2 Å². The van der Waals surface area contributed by atoms with Crippen molar-refractivity contribution in [2.75, 3.05) is 0 Å². The third kappa shape index (κ3) is 4.04. The average molecular weight is 551 g/mol. The second-order valence-electron chi connectivity index (χ2n) is 11.0. The number of aromatic nitrogens is 4. The zero-order chi connectivity index (χ0) is 28.2. The lowest BCUT2D eigenvalue weighted by Gasteiger charge is -2.43. The Morgan fingerprint density at radius 3 is 1.95 bits per heavy atom. The van der Waals surface area contributed by atoms with Crippen LogP contribution >= 0.6 is 0 Å². The second-order valence-corrected chi connectivity index (χ2v) is 11.0. The molecule has 0 aliphatic carbocycles. The average Bonchev–Trinajstić information content (AvgIpc) is 3.66. The van der Waals surface area contributed by atoms with Crippen molar-refractivity contribution in [3.63, 3.8) is 0 Å². The third-order valence-electron chi connectivity index (χ3n) is 8.15. The Labute approximate surface area is 236 Å². The molecule has 2 N–H and O–H groups in total. The molecular weight excluding hydrogens is 520 g/mol. The number of imidazole rings is 1. The minimum atomic E-state index is -1.11. The van der Waals surface area contributed by atoms with Gasteiger partial charge in [0.15, 0.2) is 23.2 Å². The highest BCUT2D eigenvalue weighted by atomic mass is 16.8. The van der Waals surface area contributed by atoms with E-state index in [4.69, 9.17) is 14.2 Å². The van der Waals surface area contributed by atoms with Crippen molar-refractivity contribution >= 4 is 11.2 Å². The van der Waals surface area contributed by atoms with E-state index in [9.17, 15) is 9.90 Å². The van der Waals surface area contributed by atoms with Gasteiger partial charge in [-0.15, -0.1) is 0 Å². The van der Waals surface area contributed by atoms with E-state index in [1.54, 1.807) is 4.57 Å². The van der Waals surface area contributed by atoms with Gasteiger partial charge in [0.25, 0.3) is 5.56 Å². The summed E-state index contributed by atoms with van der Waals surface area (Å²) in [6.45, 7) is 3.69. The molecule has 5 aromatic rings. The maximum absolute atomic E-state index is 12.8. The molecule has 0 radical (unpaired) electrons. The van der Waals surface area contributed by atoms with Gasteiger partial charge in [0.05, 0.1) is 18.1 Å². The minimum absolute atomic E-state index is 0.196. The molecule has 9 nitrogen and oxygen atoms in total. The number of benzene rings is 3. The van der Waals surface area contributed by atoms with Crippen LogP contribution in [0, 0.1) is 0 Å². The smallest absolute Gasteiger partial charge is 0.278 e. The predicted molar refractivity (Wildman–Crippen MR) is 151 cm³/mol. The molecule has 7 rings (SSSR count). The first kappa shape index (κ1) is 25.8. The standard InChI is InChI=1S/C32H30N4O5/c1-31(2)40-24-25(39-30(26(24)41-31)36-19-35-23-28(36)33-18-34-29(23)38)27(37)32(20-12-6-3-7-13-20,21-14-8-4-9-15-21)22-16-10-5-11-17-22/h3-19,24-27,30,37H,1-2H3,(H,33,34,38)/t24-,25+,26-,27-,30-/m1/s1. The van der Waals surface area contributed by atoms with E-state index < -0.39 is 41.8 Å². The quantitative estimate of drug-likeness (QED) is 0.308. The lowest BCUT2D eigenvalue weighted by atomic mass is 9.64. The number of fused-ring (bicyclic) bond motifs is 2. The monoisotopic (exact) mass is 550 g/mol. The van der Waals surface area contributed by atoms with Crippen molar-refractivity contribution in [1.29, 1.82) is 0 Å². The molecule has 0 spiro atoms. The first-order valence-corrected chi connectivity index (χ1v) is 13.7. The van der Waals surface area contributed by atoms with Crippen molar-refractivity contribution in [1.82, 2.24) is 19.5 Å². The Morgan fingerprint density at radius 1 is 0.854 bits per heavy atom. The fraction of sp³-hybridized carbons (Fsp3) is 0.281. The topological polar surface area (TPSA) is 111 Å². The molecule has 2 fully saturated rings. The summed E-state index contributed by atoms with van der Waals surface area (Å²) in [7, 11) is 0. The van der Waals surface area contributed by atoms with Gasteiger partial charge in [-0.05, 0) is 30.5 Å². The van der Waals surface area contributed by atoms with Crippen molar-refractivity contribution in [2.24, 2.45) is 0 Å². The Kier molecular flexibility index (Phi) is 6.13. The zero-order valence-electron chi connectivity index (χ0n) is 22.6. The Balaban J connectivity index is 1.42. The Morgan fingerprint density at radius 2 is 1.39 bits per heavy atom. The summed E-state index contributed by atoms with van der Waals surface area (Å²) >= 11 is 0. The minimum Gasteiger partial charge on any atom is -0.389 e. The number of ether oxygens (including phenoxy) is 3. The summed E-state index contributed by atoms with van der Waals surface area (Å²) in [5, 5.41) is 12.8. The highest BCUT2D eigenvalue weighted by Gasteiger charge is 2.61. The number of nitrogens with zero attached hydrogens (tertiary/aromatic N) is 3. The van der Waals surface area contributed by atoms with E-state index in [-0.39, 0.29) is 11.1 Å². The van der Waals surface area contributed by atoms with Gasteiger partial charge in [-0.25, -0.2) is 9.97 Å². The molecule has 0 bridgehead atoms. The van der Waals surface area contributed by atoms with Crippen molar-refractivity contribution in [3.8, 4) is 0 Å². The van der Waals surface area contributed by atoms with E-state index in [1.807, 2.05) is 105 Å². The highest BCUT2D eigenvalue weighted by Crippen LogP contribution is 2.50. The Bertz CT molecular complexity index is 1620. The molecule has 0 amide bonds. The highest BCUT2D eigenvalue weighted by molar-refractivity contribution is 5.69. The zero-order valence-corrected chi connectivity index (χ0v) is 22.6. The summed E-state index contributed by atoms with van der Waals surface area (Å²) < 4.78 is 21.2. The maximum atomic E-state index is 12.8. The van der Waals surface area contributed by atoms with E-state index in [2.05, 4.69) is 15.0 Å². The number of rotatable bonds is 6. The summed E-state index contributed by atoms with van der Waals surface area (Å²) in [5.41, 5.74) is 1.92. The largest absolute Gasteiger partial charge is 0.389 e. The van der Waals surface area contributed by atoms with Gasteiger partial charge in [0.1, 0.15) is 24.4 Å². The van der Waals surface area contributed by atoms with Gasteiger partial charge in [-0.1, -0.05) is 91.0 Å². The van der Waals surface area contributed by atoms with Crippen LogP contribution in [0.4, 0.5) is 0 Å². The molecular formula is C32H30N4O5. The van der Waals surface area contributed by atoms with Crippen molar-refractivity contribution < 1.29 is 19.3 Å². The number of aliphatic hydroxyl groups is 1. The van der Waals surface area contributed by atoms with Crippen LogP contribution in [0.3, 0.4) is 0 Å². The summed E-state index contributed by atoms with van der Waals surface area (Å²) in [6.07, 6.45) is -1.05. The van der Waals surface area contributed by atoms with E-state index in [0.29, 0.717) is 5.65 Å². The Hall–Kier alpha value is -4.15. The van der Waals surface area contributed by atoms with Crippen LogP contribution in [0.15, 0.2) is 108 Å². The number of aromatic amines is 1. The third-order valence-corrected chi connectivity index (χ3v) is 8.15. The molecule has 2 saturated heterocycles. The number of H-pyrrole nitrogens is 1. The summed E-state index contributed by atoms with van der Waals surface area (Å²) in [4.78, 5) is 23.6. The molecule has 2 aromatic heterocycles. The molecule has 41 heavy (non-hydrogen) atoms.